The van der Waals surface area contributed by atoms with E-state index >= 15 is 0 Å². The number of amides is 6. The SMILES string of the molecule is CCCOC(=O)[C@@H]1NC(=O)c2sc(N3CCOCC3)cc2[C@H]1c1ccc(Cl)cc1.CNC(=O)[C@@H]1NC(=O)c2sc(N3CCOCC3)cc2[C@H]1c1ccc(Cl)c(Cl)c1.O=C1N[C@@H](CO)[C@H](c2ccc(Cl)cc2)c2cc(N3CCOCC3)sc21.[C-]#[N+]c1c(N2CCOCC2)sc2c1C(c1ccc(Cl)cc1)NC2=O.[C-]#[N+]c1c(N2CCOCC2)sc2c1C(c1ccc3ccccc3c1)CNC2=O. The van der Waals surface area contributed by atoms with E-state index in [9.17, 15) is 38.7 Å². The van der Waals surface area contributed by atoms with Gasteiger partial charge < -0.3 is 89.9 Å². The third-order valence-electron chi connectivity index (χ3n) is 24.8. The summed E-state index contributed by atoms with van der Waals surface area (Å²) < 4.78 is 32.5. The van der Waals surface area contributed by atoms with Gasteiger partial charge in [-0.15, -0.1) is 56.7 Å². The molecule has 15 heterocycles. The van der Waals surface area contributed by atoms with Gasteiger partial charge in [0.25, 0.3) is 29.5 Å². The summed E-state index contributed by atoms with van der Waals surface area (Å²) in [5.41, 5.74) is 10.4. The molecule has 0 bridgehead atoms. The van der Waals surface area contributed by atoms with Crippen LogP contribution in [0.25, 0.3) is 20.5 Å². The van der Waals surface area contributed by atoms with Crippen LogP contribution in [0.5, 0.6) is 0 Å². The van der Waals surface area contributed by atoms with E-state index < -0.39 is 18.1 Å². The molecule has 7 N–H and O–H groups in total. The molecule has 134 heavy (non-hydrogen) atoms. The van der Waals surface area contributed by atoms with Crippen LogP contribution in [0.15, 0.2) is 152 Å². The molecule has 8 atom stereocenters. The predicted molar refractivity (Wildman–Crippen MR) is 529 cm³/mol. The van der Waals surface area contributed by atoms with Crippen LogP contribution in [0.3, 0.4) is 0 Å². The lowest BCUT2D eigenvalue weighted by Gasteiger charge is -2.31. The van der Waals surface area contributed by atoms with Gasteiger partial charge in [0.2, 0.25) is 17.3 Å². The molecular formula is C97H94Cl5N13O14S5. The number of carbonyl (C=O) groups excluding carboxylic acids is 7. The molecule has 5 saturated heterocycles. The number of benzene rings is 6. The van der Waals surface area contributed by atoms with Crippen LogP contribution >= 0.6 is 115 Å². The highest BCUT2D eigenvalue weighted by molar-refractivity contribution is 7.20. The zero-order valence-electron chi connectivity index (χ0n) is 72.8. The van der Waals surface area contributed by atoms with Crippen molar-refractivity contribution in [3.8, 4) is 0 Å². The van der Waals surface area contributed by atoms with Crippen molar-refractivity contribution >= 4 is 203 Å². The van der Waals surface area contributed by atoms with Gasteiger partial charge in [0.15, 0.2) is 0 Å². The topological polar surface area (TPSA) is 292 Å². The molecule has 0 aliphatic carbocycles. The molecule has 0 saturated carbocycles. The summed E-state index contributed by atoms with van der Waals surface area (Å²) in [4.78, 5) is 110. The van der Waals surface area contributed by atoms with Crippen molar-refractivity contribution in [3.05, 3.63) is 280 Å². The van der Waals surface area contributed by atoms with Gasteiger partial charge in [-0.1, -0.05) is 150 Å². The monoisotopic (exact) mass is 2000 g/mol. The second-order valence-electron chi connectivity index (χ2n) is 32.8. The van der Waals surface area contributed by atoms with Crippen molar-refractivity contribution in [1.82, 2.24) is 31.9 Å². The number of aliphatic hydroxyl groups is 1. The fraction of sp³-hybridized carbons (Fsp3) is 0.351. The first kappa shape index (κ1) is 95.3. The van der Waals surface area contributed by atoms with Crippen molar-refractivity contribution in [3.63, 3.8) is 0 Å². The molecule has 10 aliphatic rings. The van der Waals surface area contributed by atoms with Gasteiger partial charge in [0.1, 0.15) is 12.1 Å². The fourth-order valence-electron chi connectivity index (χ4n) is 18.1. The number of ether oxygens (including phenoxy) is 6. The maximum atomic E-state index is 12.8. The summed E-state index contributed by atoms with van der Waals surface area (Å²) in [6.45, 7) is 32.6. The molecule has 6 amide bonds. The zero-order chi connectivity index (χ0) is 93.4. The van der Waals surface area contributed by atoms with E-state index in [-0.39, 0.29) is 77.8 Å². The number of esters is 1. The van der Waals surface area contributed by atoms with Crippen LogP contribution in [0.1, 0.15) is 147 Å². The summed E-state index contributed by atoms with van der Waals surface area (Å²) in [5, 5.41) is 37.2. The highest BCUT2D eigenvalue weighted by Crippen LogP contribution is 2.53. The van der Waals surface area contributed by atoms with E-state index in [0.29, 0.717) is 135 Å². The molecule has 6 aromatic carbocycles. The third-order valence-corrected chi connectivity index (χ3v) is 32.4. The minimum Gasteiger partial charge on any atom is -0.464 e. The van der Waals surface area contributed by atoms with E-state index in [0.717, 1.165) is 157 Å². The number of likely N-dealkylation sites (N-methyl/N-ethyl adjacent to an activating group) is 1. The minimum absolute atomic E-state index is 0.00699. The van der Waals surface area contributed by atoms with Gasteiger partial charge in [-0.2, -0.15) is 0 Å². The number of nitrogens with zero attached hydrogens (tertiary/aromatic N) is 7. The molecule has 27 nitrogen and oxygen atoms in total. The summed E-state index contributed by atoms with van der Waals surface area (Å²) in [5.74, 6) is -2.18. The van der Waals surface area contributed by atoms with Crippen LogP contribution in [0, 0.1) is 13.1 Å². The average Bonchev–Trinajstić information content (AvgIpc) is 1.59. The number of anilines is 5. The van der Waals surface area contributed by atoms with E-state index in [4.69, 9.17) is 99.6 Å². The molecule has 11 aromatic rings. The van der Waals surface area contributed by atoms with Crippen LogP contribution < -0.4 is 56.4 Å². The molecule has 5 aromatic heterocycles. The Labute approximate surface area is 819 Å². The Balaban J connectivity index is 0.000000117. The highest BCUT2D eigenvalue weighted by Gasteiger charge is 2.46. The molecule has 21 rings (SSSR count). The van der Waals surface area contributed by atoms with Crippen LogP contribution in [0.4, 0.5) is 36.4 Å². The lowest BCUT2D eigenvalue weighted by Crippen LogP contribution is -2.52. The maximum Gasteiger partial charge on any atom is 0.329 e. The molecule has 2 unspecified atom stereocenters. The van der Waals surface area contributed by atoms with Gasteiger partial charge in [-0.3, -0.25) is 28.8 Å². The first-order valence-corrected chi connectivity index (χ1v) is 50.0. The Morgan fingerprint density at radius 2 is 0.858 bits per heavy atom. The van der Waals surface area contributed by atoms with Gasteiger partial charge in [-0.25, -0.2) is 14.5 Å². The maximum absolute atomic E-state index is 12.8. The molecule has 37 heteroatoms. The molecule has 0 radical (unpaired) electrons. The zero-order valence-corrected chi connectivity index (χ0v) is 80.7. The first-order valence-electron chi connectivity index (χ1n) is 44.0. The van der Waals surface area contributed by atoms with E-state index in [2.05, 4.69) is 102 Å². The normalized spacial score (nSPS) is 21.1. The van der Waals surface area contributed by atoms with Crippen molar-refractivity contribution in [2.24, 2.45) is 0 Å². The second kappa shape index (κ2) is 43.3. The number of fused-ring (bicyclic) bond motifs is 6. The Kier molecular flexibility index (Phi) is 30.8. The van der Waals surface area contributed by atoms with E-state index in [1.807, 2.05) is 85.8 Å². The van der Waals surface area contributed by atoms with Gasteiger partial charge in [0.05, 0.1) is 164 Å². The summed E-state index contributed by atoms with van der Waals surface area (Å²) in [6, 6.07) is 46.5. The number of carbonyl (C=O) groups is 7. The van der Waals surface area contributed by atoms with E-state index in [1.165, 1.54) is 67.5 Å². The molecule has 10 aliphatic heterocycles. The van der Waals surface area contributed by atoms with Crippen molar-refractivity contribution < 1.29 is 67.1 Å². The minimum atomic E-state index is -0.769. The second-order valence-corrected chi connectivity index (χ2v) is 40.0. The number of morpholine rings is 5. The fourth-order valence-corrected chi connectivity index (χ4v) is 24.8. The largest absolute Gasteiger partial charge is 0.464 e. The number of nitrogens with one attached hydrogen (secondary N) is 6. The third kappa shape index (κ3) is 20.5. The Bertz CT molecular complexity index is 6270. The van der Waals surface area contributed by atoms with Crippen LogP contribution in [0.2, 0.25) is 25.1 Å². The number of halogens is 5. The Hall–Kier alpha value is -10.4. The number of thiophene rings is 5. The smallest absolute Gasteiger partial charge is 0.329 e. The number of aliphatic hydroxyl groups excluding tert-OH is 1. The molecule has 696 valence electrons. The van der Waals surface area contributed by atoms with E-state index in [1.54, 1.807) is 43.4 Å². The molecular weight excluding hydrogens is 1910 g/mol. The molecule has 0 spiro atoms. The van der Waals surface area contributed by atoms with Gasteiger partial charge in [-0.05, 0) is 134 Å². The summed E-state index contributed by atoms with van der Waals surface area (Å²) in [6.07, 6.45) is 0.725. The van der Waals surface area contributed by atoms with Gasteiger partial charge in [0, 0.05) is 123 Å². The standard InChI is InChI=1S/C22H19N3O2S.C21H23ClN2O4S.C19H19Cl2N3O3S.C18H19ClN2O3S.C17H14ClN3O2S/c1-23-19-18-17(16-7-6-14-4-2-3-5-15(14)12-16)13-24-21(26)20(18)28-22(19)25-8-10-27-11-9-25;1-2-9-28-21(26)18-17(13-3-5-14(22)6-4-13)15-12-16(24-7-10-27-11-8-24)29-19(15)20(25)23-18;1-22-18(25)16-15(10-2-3-12(20)13(21)8-10)11-9-14(24-4-6-27-7-5-24)28-17(11)19(26)23-16;19-12-3-1-11(2-4-12)16-13-9-15(21-5-7-24-8-6-21)25-17(13)18(23)20-14(16)10-22;1-19-14-12-13(10-2-4-11(18)5-3-10)20-16(22)15(12)24-17(14)21-6-8-23-9-7-21/h2-7,12,17H,8-11,13H2,(H,24,26);3-6,12,17-18H,2,7-11H2,1H3,(H,23,25);2-3,8-9,15-16H,4-7H2,1H3,(H,22,25)(H,23,26);1-4,9,14,16,22H,5-8,10H2,(H,20,23);2-5,13H,6-9H2,(H,20,22)/t;17-,18-;15-,16-;14-,16+;/m.110./s1. The highest BCUT2D eigenvalue weighted by atomic mass is 35.5. The first-order chi connectivity index (χ1) is 65.2. The lowest BCUT2D eigenvalue weighted by atomic mass is 9.82. The number of hydrogen-bond acceptors (Lipinski definition) is 24. The quantitative estimate of drug-likeness (QED) is 0.0371. The predicted octanol–water partition coefficient (Wildman–Crippen LogP) is 16.6. The average molecular weight is 2000 g/mol. The van der Waals surface area contributed by atoms with Crippen molar-refractivity contribution in [2.45, 2.75) is 61.2 Å². The van der Waals surface area contributed by atoms with Crippen LogP contribution in [-0.2, 0) is 38.0 Å². The Morgan fingerprint density at radius 3 is 1.33 bits per heavy atom. The number of rotatable bonds is 15. The summed E-state index contributed by atoms with van der Waals surface area (Å²) >= 11 is 37.6. The Morgan fingerprint density at radius 1 is 0.448 bits per heavy atom. The number of hydrogen-bond donors (Lipinski definition) is 7. The van der Waals surface area contributed by atoms with Crippen molar-refractivity contribution in [1.29, 1.82) is 0 Å². The summed E-state index contributed by atoms with van der Waals surface area (Å²) in [7, 11) is 1.56. The lowest BCUT2D eigenvalue weighted by molar-refractivity contribution is -0.146. The van der Waals surface area contributed by atoms with Crippen LogP contribution in [-0.4, -0.2) is 223 Å². The van der Waals surface area contributed by atoms with Gasteiger partial charge >= 0.3 is 5.97 Å². The van der Waals surface area contributed by atoms with Crippen molar-refractivity contribution in [2.75, 3.05) is 183 Å². The molecule has 5 fully saturated rings.